The molecule has 0 saturated heterocycles. The highest BCUT2D eigenvalue weighted by Gasteiger charge is 2.04. The van der Waals surface area contributed by atoms with E-state index in [1.54, 1.807) is 6.26 Å². The van der Waals surface area contributed by atoms with Crippen LogP contribution in [0.15, 0.2) is 35.0 Å². The molecule has 3 heteroatoms. The summed E-state index contributed by atoms with van der Waals surface area (Å²) in [6.45, 7) is 10.1. The molecule has 1 heterocycles. The summed E-state index contributed by atoms with van der Waals surface area (Å²) in [4.78, 5) is 0. The smallest absolute Gasteiger partial charge is 0.105 e. The van der Waals surface area contributed by atoms with Crippen LogP contribution in [0.5, 0.6) is 0 Å². The van der Waals surface area contributed by atoms with Crippen LogP contribution in [0, 0.1) is 0 Å². The molecule has 1 rings (SSSR count). The van der Waals surface area contributed by atoms with Crippen LogP contribution in [0.3, 0.4) is 0 Å². The molecule has 0 aliphatic rings. The molecular weight excluding hydrogens is 202 g/mol. The number of rotatable bonds is 8. The number of furan rings is 1. The van der Waals surface area contributed by atoms with Crippen LogP contribution in [-0.2, 0) is 11.2 Å². The van der Waals surface area contributed by atoms with Gasteiger partial charge in [-0.3, -0.25) is 0 Å². The molecule has 0 aliphatic carbocycles. The van der Waals surface area contributed by atoms with Gasteiger partial charge in [-0.15, -0.1) is 0 Å². The van der Waals surface area contributed by atoms with E-state index in [0.29, 0.717) is 12.6 Å². The van der Waals surface area contributed by atoms with Crippen LogP contribution < -0.4 is 5.32 Å². The van der Waals surface area contributed by atoms with E-state index in [9.17, 15) is 0 Å². The summed E-state index contributed by atoms with van der Waals surface area (Å²) >= 11 is 0. The van der Waals surface area contributed by atoms with Crippen molar-refractivity contribution in [1.29, 1.82) is 0 Å². The summed E-state index contributed by atoms with van der Waals surface area (Å²) in [6.07, 6.45) is 2.62. The lowest BCUT2D eigenvalue weighted by molar-refractivity contribution is 0.155. The maximum atomic E-state index is 5.40. The first-order valence-electron chi connectivity index (χ1n) is 5.66. The van der Waals surface area contributed by atoms with Gasteiger partial charge in [0.1, 0.15) is 5.76 Å². The summed E-state index contributed by atoms with van der Waals surface area (Å²) in [5.74, 6) is 1.02. The van der Waals surface area contributed by atoms with E-state index in [1.165, 1.54) is 0 Å². The second-order valence-corrected chi connectivity index (χ2v) is 4.15. The predicted molar refractivity (Wildman–Crippen MR) is 65.5 cm³/mol. The fraction of sp³-hybridized carbons (Fsp3) is 0.538. The minimum atomic E-state index is 0.402. The van der Waals surface area contributed by atoms with Crippen molar-refractivity contribution >= 4 is 0 Å². The molecule has 0 bridgehead atoms. The Hall–Kier alpha value is -1.06. The number of nitrogens with one attached hydrogen (secondary N) is 1. The predicted octanol–water partition coefficient (Wildman–Crippen LogP) is 2.39. The number of hydrogen-bond donors (Lipinski definition) is 1. The van der Waals surface area contributed by atoms with Gasteiger partial charge < -0.3 is 14.5 Å². The third-order valence-corrected chi connectivity index (χ3v) is 2.18. The van der Waals surface area contributed by atoms with Crippen molar-refractivity contribution in [1.82, 2.24) is 5.32 Å². The molecule has 1 unspecified atom stereocenters. The van der Waals surface area contributed by atoms with Crippen LogP contribution in [0.25, 0.3) is 0 Å². The van der Waals surface area contributed by atoms with E-state index in [2.05, 4.69) is 18.8 Å². The van der Waals surface area contributed by atoms with E-state index in [4.69, 9.17) is 9.15 Å². The molecule has 0 aliphatic heterocycles. The van der Waals surface area contributed by atoms with Gasteiger partial charge in [0.05, 0.1) is 19.5 Å². The fourth-order valence-corrected chi connectivity index (χ4v) is 1.43. The lowest BCUT2D eigenvalue weighted by atomic mass is 10.2. The molecule has 0 radical (unpaired) electrons. The average molecular weight is 223 g/mol. The first-order chi connectivity index (χ1) is 7.68. The Bertz CT molecular complexity index is 293. The van der Waals surface area contributed by atoms with E-state index in [0.717, 1.165) is 30.9 Å². The molecular formula is C13H21NO2. The molecule has 0 amide bonds. The maximum absolute atomic E-state index is 5.40. The first-order valence-corrected chi connectivity index (χ1v) is 5.66. The fourth-order valence-electron chi connectivity index (χ4n) is 1.43. The summed E-state index contributed by atoms with van der Waals surface area (Å²) in [5.41, 5.74) is 1.06. The van der Waals surface area contributed by atoms with Crippen molar-refractivity contribution in [3.63, 3.8) is 0 Å². The molecule has 0 fully saturated rings. The normalized spacial score (nSPS) is 12.6. The van der Waals surface area contributed by atoms with Gasteiger partial charge in [-0.25, -0.2) is 0 Å². The van der Waals surface area contributed by atoms with Crippen molar-refractivity contribution in [2.24, 2.45) is 0 Å². The van der Waals surface area contributed by atoms with Crippen molar-refractivity contribution in [2.75, 3.05) is 19.8 Å². The average Bonchev–Trinajstić information content (AvgIpc) is 2.69. The lowest BCUT2D eigenvalue weighted by Gasteiger charge is -2.12. The van der Waals surface area contributed by atoms with Crippen LogP contribution in [-0.4, -0.2) is 25.8 Å². The van der Waals surface area contributed by atoms with Crippen LogP contribution in [0.1, 0.15) is 19.6 Å². The highest BCUT2D eigenvalue weighted by molar-refractivity contribution is 4.99. The summed E-state index contributed by atoms with van der Waals surface area (Å²) in [7, 11) is 0. The standard InChI is InChI=1S/C13H21NO2/c1-11(2)10-15-8-6-14-12(3)9-13-5-4-7-16-13/h4-5,7,12,14H,1,6,8-10H2,2-3H3. The zero-order chi connectivity index (χ0) is 11.8. The summed E-state index contributed by atoms with van der Waals surface area (Å²) < 4.78 is 10.7. The van der Waals surface area contributed by atoms with Crippen molar-refractivity contribution in [2.45, 2.75) is 26.3 Å². The van der Waals surface area contributed by atoms with Gasteiger partial charge in [0.25, 0.3) is 0 Å². The van der Waals surface area contributed by atoms with Gasteiger partial charge >= 0.3 is 0 Å². The molecule has 0 aromatic carbocycles. The Morgan fingerprint density at radius 2 is 2.44 bits per heavy atom. The second-order valence-electron chi connectivity index (χ2n) is 4.15. The minimum Gasteiger partial charge on any atom is -0.469 e. The highest BCUT2D eigenvalue weighted by atomic mass is 16.5. The Labute approximate surface area is 97.5 Å². The van der Waals surface area contributed by atoms with Gasteiger partial charge in [0.15, 0.2) is 0 Å². The first kappa shape index (κ1) is 13.0. The van der Waals surface area contributed by atoms with E-state index in [1.807, 2.05) is 19.1 Å². The maximum Gasteiger partial charge on any atom is 0.105 e. The van der Waals surface area contributed by atoms with Gasteiger partial charge in [0.2, 0.25) is 0 Å². The topological polar surface area (TPSA) is 34.4 Å². The third kappa shape index (κ3) is 5.73. The van der Waals surface area contributed by atoms with Crippen LogP contribution >= 0.6 is 0 Å². The Morgan fingerprint density at radius 1 is 1.62 bits per heavy atom. The zero-order valence-corrected chi connectivity index (χ0v) is 10.2. The number of hydrogen-bond acceptors (Lipinski definition) is 3. The van der Waals surface area contributed by atoms with Crippen LogP contribution in [0.2, 0.25) is 0 Å². The second kappa shape index (κ2) is 7.25. The quantitative estimate of drug-likeness (QED) is 0.543. The SMILES string of the molecule is C=C(C)COCCNC(C)Cc1ccco1. The van der Waals surface area contributed by atoms with Gasteiger partial charge in [-0.05, 0) is 26.0 Å². The monoisotopic (exact) mass is 223 g/mol. The zero-order valence-electron chi connectivity index (χ0n) is 10.2. The van der Waals surface area contributed by atoms with E-state index in [-0.39, 0.29) is 0 Å². The summed E-state index contributed by atoms with van der Waals surface area (Å²) in [6, 6.07) is 4.31. The van der Waals surface area contributed by atoms with E-state index >= 15 is 0 Å². The molecule has 1 atom stereocenters. The summed E-state index contributed by atoms with van der Waals surface area (Å²) in [5, 5.41) is 3.38. The van der Waals surface area contributed by atoms with Gasteiger partial charge in [0, 0.05) is 19.0 Å². The Kier molecular flexibility index (Phi) is 5.90. The molecule has 1 aromatic rings. The highest BCUT2D eigenvalue weighted by Crippen LogP contribution is 2.03. The Morgan fingerprint density at radius 3 is 3.06 bits per heavy atom. The van der Waals surface area contributed by atoms with Crippen LogP contribution in [0.4, 0.5) is 0 Å². The molecule has 3 nitrogen and oxygen atoms in total. The van der Waals surface area contributed by atoms with Gasteiger partial charge in [-0.2, -0.15) is 0 Å². The van der Waals surface area contributed by atoms with Crippen molar-refractivity contribution < 1.29 is 9.15 Å². The molecule has 0 saturated carbocycles. The largest absolute Gasteiger partial charge is 0.469 e. The van der Waals surface area contributed by atoms with E-state index < -0.39 is 0 Å². The minimum absolute atomic E-state index is 0.402. The number of ether oxygens (including phenoxy) is 1. The van der Waals surface area contributed by atoms with Gasteiger partial charge in [-0.1, -0.05) is 12.2 Å². The third-order valence-electron chi connectivity index (χ3n) is 2.18. The molecule has 90 valence electrons. The Balaban J connectivity index is 2.02. The van der Waals surface area contributed by atoms with Crippen molar-refractivity contribution in [3.8, 4) is 0 Å². The lowest BCUT2D eigenvalue weighted by Crippen LogP contribution is -2.31. The molecule has 0 spiro atoms. The van der Waals surface area contributed by atoms with Crippen molar-refractivity contribution in [3.05, 3.63) is 36.3 Å². The molecule has 1 aromatic heterocycles. The molecule has 16 heavy (non-hydrogen) atoms. The molecule has 1 N–H and O–H groups in total.